The topological polar surface area (TPSA) is 52.9 Å². The number of hydrogen-bond acceptors (Lipinski definition) is 2. The highest BCUT2D eigenvalue weighted by Gasteiger charge is 2.12. The summed E-state index contributed by atoms with van der Waals surface area (Å²) in [6.07, 6.45) is 0. The summed E-state index contributed by atoms with van der Waals surface area (Å²) >= 11 is 0. The molecule has 3 rings (SSSR count). The largest absolute Gasteiger partial charge is 0.346 e. The number of benzene rings is 3. The van der Waals surface area contributed by atoms with E-state index in [2.05, 4.69) is 29.6 Å². The van der Waals surface area contributed by atoms with E-state index in [4.69, 9.17) is 5.26 Å². The molecule has 0 aliphatic rings. The van der Waals surface area contributed by atoms with Gasteiger partial charge in [0.2, 0.25) is 0 Å². The Bertz CT molecular complexity index is 909. The summed E-state index contributed by atoms with van der Waals surface area (Å²) in [7, 11) is 0. The van der Waals surface area contributed by atoms with E-state index in [1.165, 1.54) is 5.39 Å². The van der Waals surface area contributed by atoms with Crippen molar-refractivity contribution >= 4 is 16.7 Å². The van der Waals surface area contributed by atoms with Crippen LogP contribution in [0.3, 0.4) is 0 Å². The van der Waals surface area contributed by atoms with Crippen molar-refractivity contribution in [2.24, 2.45) is 0 Å². The summed E-state index contributed by atoms with van der Waals surface area (Å²) < 4.78 is 0. The first-order valence-corrected chi connectivity index (χ1v) is 7.47. The minimum Gasteiger partial charge on any atom is -0.346 e. The van der Waals surface area contributed by atoms with Gasteiger partial charge in [-0.15, -0.1) is 0 Å². The van der Waals surface area contributed by atoms with Crippen LogP contribution in [0.1, 0.15) is 34.5 Å². The van der Waals surface area contributed by atoms with Crippen LogP contribution in [0.15, 0.2) is 66.7 Å². The molecule has 1 amide bonds. The van der Waals surface area contributed by atoms with Crippen molar-refractivity contribution in [1.82, 2.24) is 5.32 Å². The number of amides is 1. The van der Waals surface area contributed by atoms with Crippen molar-refractivity contribution < 1.29 is 4.79 Å². The summed E-state index contributed by atoms with van der Waals surface area (Å²) in [6.45, 7) is 1.95. The second-order valence-corrected chi connectivity index (χ2v) is 5.49. The first-order chi connectivity index (χ1) is 11.2. The zero-order valence-electron chi connectivity index (χ0n) is 12.8. The second-order valence-electron chi connectivity index (χ2n) is 5.49. The SMILES string of the molecule is C[C@@H](NC(=O)c1cccc(C#N)c1)c1ccc2ccccc2c1. The van der Waals surface area contributed by atoms with Gasteiger partial charge in [0, 0.05) is 5.56 Å². The van der Waals surface area contributed by atoms with E-state index in [1.807, 2.05) is 31.2 Å². The molecule has 0 aliphatic carbocycles. The molecule has 23 heavy (non-hydrogen) atoms. The first kappa shape index (κ1) is 14.8. The number of nitrogens with zero attached hydrogens (tertiary/aromatic N) is 1. The van der Waals surface area contributed by atoms with E-state index < -0.39 is 0 Å². The van der Waals surface area contributed by atoms with Gasteiger partial charge in [0.15, 0.2) is 0 Å². The Morgan fingerprint density at radius 1 is 1.00 bits per heavy atom. The fraction of sp³-hybridized carbons (Fsp3) is 0.100. The molecule has 3 aromatic rings. The van der Waals surface area contributed by atoms with Crippen LogP contribution in [-0.4, -0.2) is 5.91 Å². The molecule has 0 bridgehead atoms. The molecule has 3 heteroatoms. The van der Waals surface area contributed by atoms with Gasteiger partial charge in [-0.1, -0.05) is 42.5 Å². The van der Waals surface area contributed by atoms with Crippen molar-refractivity contribution in [1.29, 1.82) is 5.26 Å². The summed E-state index contributed by atoms with van der Waals surface area (Å²) in [5, 5.41) is 14.2. The molecule has 1 N–H and O–H groups in total. The van der Waals surface area contributed by atoms with Gasteiger partial charge in [0.05, 0.1) is 17.7 Å². The average molecular weight is 300 g/mol. The van der Waals surface area contributed by atoms with Crippen molar-refractivity contribution in [2.45, 2.75) is 13.0 Å². The van der Waals surface area contributed by atoms with Gasteiger partial charge < -0.3 is 5.32 Å². The predicted octanol–water partition coefficient (Wildman–Crippen LogP) is 4.20. The molecule has 0 fully saturated rings. The van der Waals surface area contributed by atoms with Gasteiger partial charge in [0.1, 0.15) is 0 Å². The molecular formula is C20H16N2O. The van der Waals surface area contributed by atoms with Gasteiger partial charge in [-0.2, -0.15) is 5.26 Å². The minimum absolute atomic E-state index is 0.113. The molecule has 0 radical (unpaired) electrons. The molecule has 0 saturated heterocycles. The van der Waals surface area contributed by atoms with Crippen molar-refractivity contribution in [3.8, 4) is 6.07 Å². The third-order valence-electron chi connectivity index (χ3n) is 3.87. The highest BCUT2D eigenvalue weighted by Crippen LogP contribution is 2.20. The zero-order chi connectivity index (χ0) is 16.2. The molecule has 0 spiro atoms. The Kier molecular flexibility index (Phi) is 4.07. The maximum absolute atomic E-state index is 12.3. The van der Waals surface area contributed by atoms with E-state index in [0.717, 1.165) is 10.9 Å². The molecule has 0 heterocycles. The summed E-state index contributed by atoms with van der Waals surface area (Å²) in [5.74, 6) is -0.178. The quantitative estimate of drug-likeness (QED) is 0.788. The maximum Gasteiger partial charge on any atom is 0.251 e. The predicted molar refractivity (Wildman–Crippen MR) is 91.0 cm³/mol. The fourth-order valence-corrected chi connectivity index (χ4v) is 2.57. The Hall–Kier alpha value is -3.12. The Labute approximate surface area is 135 Å². The van der Waals surface area contributed by atoms with Gasteiger partial charge in [-0.05, 0) is 47.5 Å². The number of nitriles is 1. The van der Waals surface area contributed by atoms with Crippen LogP contribution in [0.2, 0.25) is 0 Å². The van der Waals surface area contributed by atoms with Gasteiger partial charge in [-0.25, -0.2) is 0 Å². The number of hydrogen-bond donors (Lipinski definition) is 1. The highest BCUT2D eigenvalue weighted by molar-refractivity contribution is 5.94. The summed E-state index contributed by atoms with van der Waals surface area (Å²) in [4.78, 5) is 12.3. The molecule has 0 aromatic heterocycles. The van der Waals surface area contributed by atoms with Gasteiger partial charge >= 0.3 is 0 Å². The number of carbonyl (C=O) groups excluding carboxylic acids is 1. The Morgan fingerprint density at radius 3 is 2.57 bits per heavy atom. The highest BCUT2D eigenvalue weighted by atomic mass is 16.1. The van der Waals surface area contributed by atoms with E-state index in [-0.39, 0.29) is 11.9 Å². The normalized spacial score (nSPS) is 11.7. The fourth-order valence-electron chi connectivity index (χ4n) is 2.57. The van der Waals surface area contributed by atoms with E-state index >= 15 is 0 Å². The number of rotatable bonds is 3. The second kappa shape index (κ2) is 6.33. The summed E-state index contributed by atoms with van der Waals surface area (Å²) in [5.41, 5.74) is 2.03. The Balaban J connectivity index is 1.80. The molecule has 1 atom stereocenters. The standard InChI is InChI=1S/C20H16N2O/c1-14(17-10-9-16-6-2-3-7-18(16)12-17)22-20(23)19-8-4-5-15(11-19)13-21/h2-12,14H,1H3,(H,22,23)/t14-/m1/s1. The lowest BCUT2D eigenvalue weighted by molar-refractivity contribution is 0.0940. The molecule has 0 aliphatic heterocycles. The number of carbonyl (C=O) groups is 1. The Morgan fingerprint density at radius 2 is 1.78 bits per heavy atom. The summed E-state index contributed by atoms with van der Waals surface area (Å²) in [6, 6.07) is 23.0. The number of fused-ring (bicyclic) bond motifs is 1. The molecule has 112 valence electrons. The molecule has 3 aromatic carbocycles. The minimum atomic E-state index is -0.178. The van der Waals surface area contributed by atoms with Crippen LogP contribution in [0.5, 0.6) is 0 Å². The van der Waals surface area contributed by atoms with Crippen LogP contribution in [0.25, 0.3) is 10.8 Å². The van der Waals surface area contributed by atoms with Crippen LogP contribution < -0.4 is 5.32 Å². The third kappa shape index (κ3) is 3.22. The van der Waals surface area contributed by atoms with E-state index in [1.54, 1.807) is 24.3 Å². The van der Waals surface area contributed by atoms with Crippen LogP contribution in [0.4, 0.5) is 0 Å². The third-order valence-corrected chi connectivity index (χ3v) is 3.87. The smallest absolute Gasteiger partial charge is 0.251 e. The molecule has 3 nitrogen and oxygen atoms in total. The molecular weight excluding hydrogens is 284 g/mol. The van der Waals surface area contributed by atoms with Crippen molar-refractivity contribution in [3.63, 3.8) is 0 Å². The molecule has 0 unspecified atom stereocenters. The van der Waals surface area contributed by atoms with Crippen LogP contribution in [0, 0.1) is 11.3 Å². The van der Waals surface area contributed by atoms with Crippen LogP contribution in [-0.2, 0) is 0 Å². The first-order valence-electron chi connectivity index (χ1n) is 7.47. The number of nitrogens with one attached hydrogen (secondary N) is 1. The monoisotopic (exact) mass is 300 g/mol. The lowest BCUT2D eigenvalue weighted by atomic mass is 10.0. The lowest BCUT2D eigenvalue weighted by Crippen LogP contribution is -2.26. The van der Waals surface area contributed by atoms with Gasteiger partial charge in [-0.3, -0.25) is 4.79 Å². The van der Waals surface area contributed by atoms with E-state index in [9.17, 15) is 4.79 Å². The molecule has 0 saturated carbocycles. The van der Waals surface area contributed by atoms with Gasteiger partial charge in [0.25, 0.3) is 5.91 Å². The lowest BCUT2D eigenvalue weighted by Gasteiger charge is -2.15. The van der Waals surface area contributed by atoms with Crippen molar-refractivity contribution in [3.05, 3.63) is 83.4 Å². The average Bonchev–Trinajstić information content (AvgIpc) is 2.61. The maximum atomic E-state index is 12.3. The van der Waals surface area contributed by atoms with E-state index in [0.29, 0.717) is 11.1 Å². The van der Waals surface area contributed by atoms with Crippen molar-refractivity contribution in [2.75, 3.05) is 0 Å². The zero-order valence-corrected chi connectivity index (χ0v) is 12.8. The van der Waals surface area contributed by atoms with Crippen LogP contribution >= 0.6 is 0 Å².